The van der Waals surface area contributed by atoms with Crippen molar-refractivity contribution in [2.24, 2.45) is 0 Å². The molecule has 0 aliphatic carbocycles. The van der Waals surface area contributed by atoms with E-state index >= 15 is 0 Å². The predicted octanol–water partition coefficient (Wildman–Crippen LogP) is 2.27. The molecule has 6 heteroatoms. The molecule has 0 saturated heterocycles. The smallest absolute Gasteiger partial charge is 0.315 e. The van der Waals surface area contributed by atoms with Gasteiger partial charge in [-0.15, -0.1) is 0 Å². The Hall–Kier alpha value is -3.15. The minimum atomic E-state index is -0.196. The molecular formula is C17H17N5O. The van der Waals surface area contributed by atoms with Gasteiger partial charge >= 0.3 is 6.03 Å². The fourth-order valence-electron chi connectivity index (χ4n) is 2.12. The van der Waals surface area contributed by atoms with Crippen LogP contribution in [0.25, 0.3) is 5.69 Å². The van der Waals surface area contributed by atoms with Crippen LogP contribution in [0.5, 0.6) is 0 Å². The Morgan fingerprint density at radius 2 is 1.57 bits per heavy atom. The molecule has 2 aromatic heterocycles. The van der Waals surface area contributed by atoms with E-state index in [0.717, 1.165) is 16.8 Å². The van der Waals surface area contributed by atoms with Crippen molar-refractivity contribution in [3.8, 4) is 5.69 Å². The summed E-state index contributed by atoms with van der Waals surface area (Å²) in [6, 6.07) is 13.3. The van der Waals surface area contributed by atoms with E-state index in [0.29, 0.717) is 13.1 Å². The Bertz CT molecular complexity index is 738. The highest BCUT2D eigenvalue weighted by atomic mass is 16.2. The monoisotopic (exact) mass is 307 g/mol. The van der Waals surface area contributed by atoms with Crippen LogP contribution in [0.1, 0.15) is 11.1 Å². The van der Waals surface area contributed by atoms with Gasteiger partial charge in [0.25, 0.3) is 0 Å². The number of amides is 2. The lowest BCUT2D eigenvalue weighted by atomic mass is 10.2. The van der Waals surface area contributed by atoms with Crippen LogP contribution in [-0.2, 0) is 13.1 Å². The topological polar surface area (TPSA) is 71.8 Å². The predicted molar refractivity (Wildman–Crippen MR) is 86.9 cm³/mol. The van der Waals surface area contributed by atoms with Crippen molar-refractivity contribution in [3.05, 3.63) is 78.4 Å². The maximum Gasteiger partial charge on any atom is 0.315 e. The van der Waals surface area contributed by atoms with E-state index in [9.17, 15) is 4.79 Å². The van der Waals surface area contributed by atoms with Crippen LogP contribution in [0.3, 0.4) is 0 Å². The van der Waals surface area contributed by atoms with Gasteiger partial charge in [-0.05, 0) is 41.5 Å². The zero-order valence-corrected chi connectivity index (χ0v) is 12.5. The zero-order valence-electron chi connectivity index (χ0n) is 12.5. The molecule has 0 unspecified atom stereocenters. The minimum Gasteiger partial charge on any atom is -0.334 e. The Balaban J connectivity index is 1.47. The number of pyridine rings is 1. The summed E-state index contributed by atoms with van der Waals surface area (Å²) in [7, 11) is 0. The summed E-state index contributed by atoms with van der Waals surface area (Å²) in [5.74, 6) is 0. The number of urea groups is 1. The second kappa shape index (κ2) is 7.22. The molecule has 2 N–H and O–H groups in total. The second-order valence-electron chi connectivity index (χ2n) is 5.01. The van der Waals surface area contributed by atoms with Gasteiger partial charge in [0.1, 0.15) is 0 Å². The molecular weight excluding hydrogens is 290 g/mol. The number of rotatable bonds is 5. The van der Waals surface area contributed by atoms with Crippen molar-refractivity contribution in [2.45, 2.75) is 13.1 Å². The maximum atomic E-state index is 11.8. The molecule has 6 nitrogen and oxygen atoms in total. The summed E-state index contributed by atoms with van der Waals surface area (Å²) >= 11 is 0. The normalized spacial score (nSPS) is 10.3. The molecule has 0 fully saturated rings. The molecule has 0 bridgehead atoms. The minimum absolute atomic E-state index is 0.196. The lowest BCUT2D eigenvalue weighted by Gasteiger charge is -2.08. The van der Waals surface area contributed by atoms with Crippen molar-refractivity contribution in [3.63, 3.8) is 0 Å². The quantitative estimate of drug-likeness (QED) is 0.759. The number of hydrogen-bond donors (Lipinski definition) is 2. The molecule has 3 rings (SSSR count). The van der Waals surface area contributed by atoms with Crippen LogP contribution in [0, 0.1) is 0 Å². The fourth-order valence-corrected chi connectivity index (χ4v) is 2.12. The van der Waals surface area contributed by atoms with Crippen LogP contribution in [0.4, 0.5) is 4.79 Å². The molecule has 2 amide bonds. The summed E-state index contributed by atoms with van der Waals surface area (Å²) in [4.78, 5) is 15.7. The fraction of sp³-hybridized carbons (Fsp3) is 0.118. The molecule has 1 aromatic carbocycles. The lowest BCUT2D eigenvalue weighted by molar-refractivity contribution is 0.240. The molecule has 0 aliphatic rings. The van der Waals surface area contributed by atoms with Gasteiger partial charge in [-0.1, -0.05) is 12.1 Å². The summed E-state index contributed by atoms with van der Waals surface area (Å²) in [5.41, 5.74) is 3.03. The van der Waals surface area contributed by atoms with Crippen molar-refractivity contribution >= 4 is 6.03 Å². The van der Waals surface area contributed by atoms with Gasteiger partial charge in [-0.25, -0.2) is 9.48 Å². The lowest BCUT2D eigenvalue weighted by Crippen LogP contribution is -2.34. The Morgan fingerprint density at radius 3 is 2.17 bits per heavy atom. The molecule has 116 valence electrons. The average Bonchev–Trinajstić information content (AvgIpc) is 3.14. The van der Waals surface area contributed by atoms with E-state index in [-0.39, 0.29) is 6.03 Å². The van der Waals surface area contributed by atoms with Gasteiger partial charge in [0.05, 0.1) is 5.69 Å². The van der Waals surface area contributed by atoms with E-state index in [1.54, 1.807) is 23.3 Å². The van der Waals surface area contributed by atoms with E-state index < -0.39 is 0 Å². The Labute approximate surface area is 134 Å². The Kier molecular flexibility index (Phi) is 4.63. The first-order valence-corrected chi connectivity index (χ1v) is 7.31. The van der Waals surface area contributed by atoms with Gasteiger partial charge in [0.2, 0.25) is 0 Å². The molecule has 0 spiro atoms. The van der Waals surface area contributed by atoms with Crippen LogP contribution >= 0.6 is 0 Å². The number of carbonyl (C=O) groups is 1. The standard InChI is InChI=1S/C17H17N5O/c23-17(20-13-15-6-9-18-10-7-15)19-12-14-2-4-16(5-3-14)22-11-1-8-21-22/h1-11H,12-13H2,(H2,19,20,23). The summed E-state index contributed by atoms with van der Waals surface area (Å²) in [5, 5.41) is 9.82. The zero-order chi connectivity index (χ0) is 15.9. The molecule has 2 heterocycles. The first kappa shape index (κ1) is 14.8. The SMILES string of the molecule is O=C(NCc1ccncc1)NCc1ccc(-n2cccn2)cc1. The summed E-state index contributed by atoms with van der Waals surface area (Å²) < 4.78 is 1.79. The van der Waals surface area contributed by atoms with Crippen molar-refractivity contribution in [1.82, 2.24) is 25.4 Å². The van der Waals surface area contributed by atoms with Gasteiger partial charge in [0.15, 0.2) is 0 Å². The summed E-state index contributed by atoms with van der Waals surface area (Å²) in [6.07, 6.45) is 7.04. The average molecular weight is 307 g/mol. The third-order valence-corrected chi connectivity index (χ3v) is 3.36. The largest absolute Gasteiger partial charge is 0.334 e. The number of nitrogens with zero attached hydrogens (tertiary/aromatic N) is 3. The third kappa shape index (κ3) is 4.16. The van der Waals surface area contributed by atoms with Crippen molar-refractivity contribution in [2.75, 3.05) is 0 Å². The molecule has 23 heavy (non-hydrogen) atoms. The van der Waals surface area contributed by atoms with Crippen LogP contribution in [0.15, 0.2) is 67.3 Å². The van der Waals surface area contributed by atoms with E-state index in [1.165, 1.54) is 0 Å². The van der Waals surface area contributed by atoms with Crippen molar-refractivity contribution in [1.29, 1.82) is 0 Å². The molecule has 0 saturated carbocycles. The van der Waals surface area contributed by atoms with E-state index in [1.807, 2.05) is 48.7 Å². The number of benzene rings is 1. The van der Waals surface area contributed by atoms with E-state index in [2.05, 4.69) is 20.7 Å². The van der Waals surface area contributed by atoms with Crippen LogP contribution in [-0.4, -0.2) is 20.8 Å². The highest BCUT2D eigenvalue weighted by Gasteiger charge is 2.01. The maximum absolute atomic E-state index is 11.8. The van der Waals surface area contributed by atoms with Crippen molar-refractivity contribution < 1.29 is 4.79 Å². The molecule has 0 atom stereocenters. The van der Waals surface area contributed by atoms with Gasteiger partial charge < -0.3 is 10.6 Å². The summed E-state index contributed by atoms with van der Waals surface area (Å²) in [6.45, 7) is 0.953. The van der Waals surface area contributed by atoms with E-state index in [4.69, 9.17) is 0 Å². The van der Waals surface area contributed by atoms with Crippen LogP contribution in [0.2, 0.25) is 0 Å². The Morgan fingerprint density at radius 1 is 0.913 bits per heavy atom. The number of aromatic nitrogens is 3. The molecule has 0 radical (unpaired) electrons. The molecule has 0 aliphatic heterocycles. The number of nitrogens with one attached hydrogen (secondary N) is 2. The first-order chi connectivity index (χ1) is 11.3. The third-order valence-electron chi connectivity index (χ3n) is 3.36. The van der Waals surface area contributed by atoms with Crippen LogP contribution < -0.4 is 10.6 Å². The highest BCUT2D eigenvalue weighted by molar-refractivity contribution is 5.73. The van der Waals surface area contributed by atoms with Gasteiger partial charge in [-0.3, -0.25) is 4.98 Å². The second-order valence-corrected chi connectivity index (χ2v) is 5.01. The highest BCUT2D eigenvalue weighted by Crippen LogP contribution is 2.08. The van der Waals surface area contributed by atoms with Gasteiger partial charge in [0, 0.05) is 37.9 Å². The van der Waals surface area contributed by atoms with Gasteiger partial charge in [-0.2, -0.15) is 5.10 Å². The molecule has 3 aromatic rings. The number of carbonyl (C=O) groups excluding carboxylic acids is 1. The number of hydrogen-bond acceptors (Lipinski definition) is 3. The first-order valence-electron chi connectivity index (χ1n) is 7.31.